The molecule has 0 spiro atoms. The summed E-state index contributed by atoms with van der Waals surface area (Å²) in [6.45, 7) is 10.7. The number of hydrogen-bond acceptors (Lipinski definition) is 5. The van der Waals surface area contributed by atoms with E-state index >= 15 is 0 Å². The molecule has 5 rings (SSSR count). The molecule has 198 valence electrons. The Morgan fingerprint density at radius 2 is 1.78 bits per heavy atom. The van der Waals surface area contributed by atoms with Crippen molar-refractivity contribution in [2.75, 3.05) is 39.3 Å². The number of aromatic nitrogens is 2. The van der Waals surface area contributed by atoms with E-state index in [1.54, 1.807) is 0 Å². The molecule has 37 heavy (non-hydrogen) atoms. The summed E-state index contributed by atoms with van der Waals surface area (Å²) in [4.78, 5) is 16.5. The molecule has 2 fully saturated rings. The van der Waals surface area contributed by atoms with Gasteiger partial charge >= 0.3 is 6.09 Å². The van der Waals surface area contributed by atoms with Gasteiger partial charge in [-0.1, -0.05) is 30.3 Å². The zero-order valence-electron chi connectivity index (χ0n) is 22.1. The molecular formula is C29H37IN4O3. The first-order valence-electron chi connectivity index (χ1n) is 13.4. The smallest absolute Gasteiger partial charge is 0.410 e. The van der Waals surface area contributed by atoms with E-state index in [-0.39, 0.29) is 12.3 Å². The van der Waals surface area contributed by atoms with E-state index in [0.29, 0.717) is 0 Å². The summed E-state index contributed by atoms with van der Waals surface area (Å²) >= 11 is 2.34. The number of piperazine rings is 1. The summed E-state index contributed by atoms with van der Waals surface area (Å²) in [5.41, 5.74) is 4.45. The average Bonchev–Trinajstić information content (AvgIpc) is 3.23. The molecule has 2 aliphatic heterocycles. The number of fused-ring (bicyclic) bond motifs is 1. The van der Waals surface area contributed by atoms with Gasteiger partial charge in [-0.05, 0) is 97.9 Å². The first-order chi connectivity index (χ1) is 17.8. The standard InChI is InChI=1S/C29H37IN4O3/c1-29(2,3)37-28(35)33-17-15-32(16-18-33)14-13-21-7-9-22(10-8-21)23-11-12-25-24(20-23)27(30)31-34(25)26-6-4-5-19-36-26/h7-12,20,26H,4-6,13-19H2,1-3H3. The van der Waals surface area contributed by atoms with Crippen molar-refractivity contribution in [2.24, 2.45) is 0 Å². The molecular weight excluding hydrogens is 579 g/mol. The molecule has 0 saturated carbocycles. The predicted molar refractivity (Wildman–Crippen MR) is 155 cm³/mol. The Hall–Kier alpha value is -2.17. The summed E-state index contributed by atoms with van der Waals surface area (Å²) in [6.07, 6.45) is 4.19. The predicted octanol–water partition coefficient (Wildman–Crippen LogP) is 6.10. The largest absolute Gasteiger partial charge is 0.444 e. The van der Waals surface area contributed by atoms with Crippen LogP contribution in [-0.2, 0) is 15.9 Å². The van der Waals surface area contributed by atoms with Gasteiger partial charge in [-0.3, -0.25) is 4.90 Å². The van der Waals surface area contributed by atoms with Gasteiger partial charge in [0.25, 0.3) is 0 Å². The van der Waals surface area contributed by atoms with Crippen molar-refractivity contribution in [2.45, 2.75) is 58.3 Å². The zero-order chi connectivity index (χ0) is 26.0. The fraction of sp³-hybridized carbons (Fsp3) is 0.517. The Labute approximate surface area is 233 Å². The number of hydrogen-bond donors (Lipinski definition) is 0. The Morgan fingerprint density at radius 1 is 1.05 bits per heavy atom. The minimum Gasteiger partial charge on any atom is -0.444 e. The van der Waals surface area contributed by atoms with Crippen molar-refractivity contribution in [3.05, 3.63) is 51.7 Å². The maximum absolute atomic E-state index is 12.3. The van der Waals surface area contributed by atoms with Crippen molar-refractivity contribution in [3.8, 4) is 11.1 Å². The van der Waals surface area contributed by atoms with Crippen molar-refractivity contribution in [3.63, 3.8) is 0 Å². The summed E-state index contributed by atoms with van der Waals surface area (Å²) in [6, 6.07) is 15.5. The number of amides is 1. The lowest BCUT2D eigenvalue weighted by Gasteiger charge is -2.35. The second-order valence-corrected chi connectivity index (χ2v) is 12.1. The number of ether oxygens (including phenoxy) is 2. The fourth-order valence-corrected chi connectivity index (χ4v) is 5.72. The number of benzene rings is 2. The van der Waals surface area contributed by atoms with Crippen molar-refractivity contribution in [1.29, 1.82) is 0 Å². The third-order valence-corrected chi connectivity index (χ3v) is 7.91. The second kappa shape index (κ2) is 11.3. The monoisotopic (exact) mass is 616 g/mol. The van der Waals surface area contributed by atoms with Gasteiger partial charge in [0.1, 0.15) is 9.30 Å². The summed E-state index contributed by atoms with van der Waals surface area (Å²) in [7, 11) is 0. The number of nitrogens with zero attached hydrogens (tertiary/aromatic N) is 4. The first kappa shape index (κ1) is 26.4. The van der Waals surface area contributed by atoms with Gasteiger partial charge < -0.3 is 14.4 Å². The Morgan fingerprint density at radius 3 is 2.46 bits per heavy atom. The minimum atomic E-state index is -0.448. The third kappa shape index (κ3) is 6.46. The molecule has 0 aliphatic carbocycles. The van der Waals surface area contributed by atoms with Crippen LogP contribution in [0.1, 0.15) is 51.8 Å². The molecule has 7 nitrogen and oxygen atoms in total. The molecule has 1 aromatic heterocycles. The second-order valence-electron chi connectivity index (χ2n) is 11.0. The van der Waals surface area contributed by atoms with Crippen LogP contribution in [0.4, 0.5) is 4.79 Å². The lowest BCUT2D eigenvalue weighted by Crippen LogP contribution is -2.50. The normalized spacial score (nSPS) is 19.4. The Balaban J connectivity index is 1.17. The highest BCUT2D eigenvalue weighted by Gasteiger charge is 2.25. The maximum Gasteiger partial charge on any atom is 0.410 e. The van der Waals surface area contributed by atoms with Gasteiger partial charge in [0.05, 0.1) is 5.52 Å². The number of carbonyl (C=O) groups excluding carboxylic acids is 1. The highest BCUT2D eigenvalue weighted by atomic mass is 127. The molecule has 3 heterocycles. The van der Waals surface area contributed by atoms with Crippen molar-refractivity contribution in [1.82, 2.24) is 19.6 Å². The topological polar surface area (TPSA) is 59.8 Å². The van der Waals surface area contributed by atoms with Gasteiger partial charge in [0.15, 0.2) is 6.23 Å². The van der Waals surface area contributed by atoms with E-state index in [4.69, 9.17) is 14.6 Å². The SMILES string of the molecule is CC(C)(C)OC(=O)N1CCN(CCc2ccc(-c3ccc4c(c3)c(I)nn4C3CCCCO3)cc2)CC1. The van der Waals surface area contributed by atoms with E-state index in [1.807, 2.05) is 25.7 Å². The molecule has 1 amide bonds. The van der Waals surface area contributed by atoms with Gasteiger partial charge in [0.2, 0.25) is 0 Å². The Kier molecular flexibility index (Phi) is 8.07. The minimum absolute atomic E-state index is 0.0465. The summed E-state index contributed by atoms with van der Waals surface area (Å²) in [5, 5.41) is 5.99. The van der Waals surface area contributed by atoms with Gasteiger partial charge in [0, 0.05) is 44.7 Å². The van der Waals surface area contributed by atoms with E-state index in [2.05, 4.69) is 74.6 Å². The zero-order valence-corrected chi connectivity index (χ0v) is 24.2. The Bertz CT molecular complexity index is 1220. The lowest BCUT2D eigenvalue weighted by atomic mass is 10.0. The van der Waals surface area contributed by atoms with Crippen LogP contribution in [0.3, 0.4) is 0 Å². The van der Waals surface area contributed by atoms with E-state index in [1.165, 1.54) is 28.5 Å². The molecule has 2 saturated heterocycles. The number of carbonyl (C=O) groups is 1. The summed E-state index contributed by atoms with van der Waals surface area (Å²) < 4.78 is 14.6. The number of halogens is 1. The summed E-state index contributed by atoms with van der Waals surface area (Å²) in [5.74, 6) is 0. The third-order valence-electron chi connectivity index (χ3n) is 7.12. The van der Waals surface area contributed by atoms with Gasteiger partial charge in [-0.2, -0.15) is 5.10 Å². The molecule has 2 aliphatic rings. The lowest BCUT2D eigenvalue weighted by molar-refractivity contribution is -0.0368. The van der Waals surface area contributed by atoms with E-state index in [9.17, 15) is 4.79 Å². The highest BCUT2D eigenvalue weighted by Crippen LogP contribution is 2.32. The molecule has 2 aromatic carbocycles. The maximum atomic E-state index is 12.3. The van der Waals surface area contributed by atoms with E-state index < -0.39 is 5.60 Å². The molecule has 0 radical (unpaired) electrons. The average molecular weight is 617 g/mol. The molecule has 0 bridgehead atoms. The molecule has 8 heteroatoms. The molecule has 1 atom stereocenters. The molecule has 3 aromatic rings. The first-order valence-corrected chi connectivity index (χ1v) is 14.4. The van der Waals surface area contributed by atoms with Gasteiger partial charge in [-0.25, -0.2) is 9.48 Å². The van der Waals surface area contributed by atoms with Crippen LogP contribution in [0.15, 0.2) is 42.5 Å². The van der Waals surface area contributed by atoms with Crippen LogP contribution in [0, 0.1) is 3.70 Å². The molecule has 1 unspecified atom stereocenters. The van der Waals surface area contributed by atoms with Crippen LogP contribution in [0.25, 0.3) is 22.0 Å². The highest BCUT2D eigenvalue weighted by molar-refractivity contribution is 14.1. The van der Waals surface area contributed by atoms with Crippen molar-refractivity contribution < 1.29 is 14.3 Å². The van der Waals surface area contributed by atoms with Crippen molar-refractivity contribution >= 4 is 39.6 Å². The van der Waals surface area contributed by atoms with Crippen LogP contribution in [-0.4, -0.2) is 70.6 Å². The van der Waals surface area contributed by atoms with Crippen LogP contribution >= 0.6 is 22.6 Å². The quantitative estimate of drug-likeness (QED) is 0.325. The van der Waals surface area contributed by atoms with Crippen LogP contribution in [0.2, 0.25) is 0 Å². The fourth-order valence-electron chi connectivity index (χ4n) is 5.05. The van der Waals surface area contributed by atoms with E-state index in [0.717, 1.165) is 67.8 Å². The van der Waals surface area contributed by atoms with Crippen LogP contribution in [0.5, 0.6) is 0 Å². The molecule has 0 N–H and O–H groups in total. The number of rotatable bonds is 5. The van der Waals surface area contributed by atoms with Crippen LogP contribution < -0.4 is 0 Å². The van der Waals surface area contributed by atoms with Gasteiger partial charge in [-0.15, -0.1) is 0 Å².